The molecule has 1 aliphatic rings. The minimum absolute atomic E-state index is 0.858. The molecule has 1 aromatic heterocycles. The highest BCUT2D eigenvalue weighted by Crippen LogP contribution is 2.29. The fourth-order valence-electron chi connectivity index (χ4n) is 4.40. The lowest BCUT2D eigenvalue weighted by molar-refractivity contribution is 0.226. The van der Waals surface area contributed by atoms with Crippen LogP contribution in [0.5, 0.6) is 5.75 Å². The van der Waals surface area contributed by atoms with E-state index < -0.39 is 0 Å². The van der Waals surface area contributed by atoms with Crippen LogP contribution in [0.2, 0.25) is 0 Å². The van der Waals surface area contributed by atoms with Crippen molar-refractivity contribution in [2.45, 2.75) is 32.1 Å². The van der Waals surface area contributed by atoms with Crippen LogP contribution in [0.25, 0.3) is 22.2 Å². The predicted octanol–water partition coefficient (Wildman–Crippen LogP) is 5.18. The molecule has 0 atom stereocenters. The molecular weight excluding hydrogens is 396 g/mol. The quantitative estimate of drug-likeness (QED) is 0.409. The monoisotopic (exact) mass is 432 g/mol. The number of para-hydroxylation sites is 1. The molecule has 2 aromatic carbocycles. The van der Waals surface area contributed by atoms with E-state index in [-0.39, 0.29) is 0 Å². The summed E-state index contributed by atoms with van der Waals surface area (Å²) in [5, 5.41) is 8.42. The number of aromatic nitrogens is 1. The van der Waals surface area contributed by atoms with Gasteiger partial charge in [0.15, 0.2) is 0 Å². The van der Waals surface area contributed by atoms with Crippen LogP contribution >= 0.6 is 0 Å². The number of benzene rings is 2. The molecule has 0 amide bonds. The fraction of sp³-hybridized carbons (Fsp3) is 0.444. The second-order valence-electron chi connectivity index (χ2n) is 8.59. The molecule has 1 aliphatic heterocycles. The van der Waals surface area contributed by atoms with Gasteiger partial charge in [-0.2, -0.15) is 0 Å². The first-order chi connectivity index (χ1) is 15.8. The number of methoxy groups -OCH3 is 1. The van der Waals surface area contributed by atoms with E-state index in [4.69, 9.17) is 9.72 Å². The van der Waals surface area contributed by atoms with Crippen molar-refractivity contribution in [3.8, 4) is 17.0 Å². The van der Waals surface area contributed by atoms with Crippen molar-refractivity contribution in [2.24, 2.45) is 0 Å². The Hall–Kier alpha value is -2.63. The molecule has 0 saturated carbocycles. The van der Waals surface area contributed by atoms with Crippen LogP contribution in [-0.2, 0) is 0 Å². The van der Waals surface area contributed by atoms with Crippen LogP contribution in [0.1, 0.15) is 32.1 Å². The first-order valence-electron chi connectivity index (χ1n) is 12.0. The molecule has 2 N–H and O–H groups in total. The lowest BCUT2D eigenvalue weighted by Crippen LogP contribution is -2.32. The molecule has 0 radical (unpaired) electrons. The maximum Gasteiger partial charge on any atom is 0.118 e. The summed E-state index contributed by atoms with van der Waals surface area (Å²) in [6.07, 6.45) is 6.51. The number of pyridine rings is 1. The SMILES string of the molecule is COc1ccc(-c2cc(NCCCNCCCN3CCCCC3)c3ccccc3n2)cc1. The molecule has 5 nitrogen and oxygen atoms in total. The molecule has 0 aliphatic carbocycles. The Morgan fingerprint density at radius 2 is 1.69 bits per heavy atom. The molecule has 0 spiro atoms. The molecule has 170 valence electrons. The number of nitrogens with zero attached hydrogens (tertiary/aromatic N) is 2. The van der Waals surface area contributed by atoms with Gasteiger partial charge in [-0.1, -0.05) is 24.6 Å². The third-order valence-corrected chi connectivity index (χ3v) is 6.22. The van der Waals surface area contributed by atoms with Gasteiger partial charge >= 0.3 is 0 Å². The Balaban J connectivity index is 1.28. The van der Waals surface area contributed by atoms with Crippen LogP contribution in [0, 0.1) is 0 Å². The van der Waals surface area contributed by atoms with Crippen LogP contribution in [-0.4, -0.2) is 56.3 Å². The highest BCUT2D eigenvalue weighted by molar-refractivity contribution is 5.93. The van der Waals surface area contributed by atoms with Gasteiger partial charge in [0, 0.05) is 23.2 Å². The second kappa shape index (κ2) is 11.8. The summed E-state index contributed by atoms with van der Waals surface area (Å²) in [4.78, 5) is 7.49. The molecule has 0 unspecified atom stereocenters. The first kappa shape index (κ1) is 22.6. The smallest absolute Gasteiger partial charge is 0.118 e. The summed E-state index contributed by atoms with van der Waals surface area (Å²) in [6.45, 7) is 6.92. The highest BCUT2D eigenvalue weighted by Gasteiger charge is 2.09. The average molecular weight is 433 g/mol. The number of piperidine rings is 1. The van der Waals surface area contributed by atoms with Gasteiger partial charge in [-0.25, -0.2) is 4.98 Å². The van der Waals surface area contributed by atoms with Crippen LogP contribution in [0.15, 0.2) is 54.6 Å². The number of nitrogens with one attached hydrogen (secondary N) is 2. The minimum atomic E-state index is 0.858. The Bertz CT molecular complexity index is 967. The topological polar surface area (TPSA) is 49.4 Å². The molecule has 5 heteroatoms. The number of rotatable bonds is 11. The predicted molar refractivity (Wildman–Crippen MR) is 135 cm³/mol. The summed E-state index contributed by atoms with van der Waals surface area (Å²) in [6, 6.07) is 18.6. The van der Waals surface area contributed by atoms with Gasteiger partial charge in [-0.3, -0.25) is 0 Å². The number of likely N-dealkylation sites (tertiary alicyclic amines) is 1. The zero-order valence-electron chi connectivity index (χ0n) is 19.3. The molecule has 4 rings (SSSR count). The van der Waals surface area contributed by atoms with Gasteiger partial charge in [0.05, 0.1) is 18.3 Å². The summed E-state index contributed by atoms with van der Waals surface area (Å²) in [5.74, 6) is 0.858. The number of anilines is 1. The van der Waals surface area contributed by atoms with Crippen LogP contribution in [0.4, 0.5) is 5.69 Å². The Kier molecular flexibility index (Phi) is 8.35. The third kappa shape index (κ3) is 6.21. The van der Waals surface area contributed by atoms with Gasteiger partial charge in [-0.05, 0) is 94.8 Å². The zero-order valence-corrected chi connectivity index (χ0v) is 19.3. The molecule has 1 fully saturated rings. The van der Waals surface area contributed by atoms with Crippen molar-refractivity contribution in [2.75, 3.05) is 51.7 Å². The second-order valence-corrected chi connectivity index (χ2v) is 8.59. The number of fused-ring (bicyclic) bond motifs is 1. The molecule has 3 aromatic rings. The van der Waals surface area contributed by atoms with Gasteiger partial charge in [0.1, 0.15) is 5.75 Å². The van der Waals surface area contributed by atoms with E-state index in [2.05, 4.69) is 51.9 Å². The van der Waals surface area contributed by atoms with Gasteiger partial charge in [-0.15, -0.1) is 0 Å². The van der Waals surface area contributed by atoms with Crippen LogP contribution in [0.3, 0.4) is 0 Å². The number of hydrogen-bond acceptors (Lipinski definition) is 5. The van der Waals surface area contributed by atoms with E-state index in [9.17, 15) is 0 Å². The lowest BCUT2D eigenvalue weighted by Gasteiger charge is -2.26. The number of ether oxygens (including phenoxy) is 1. The first-order valence-corrected chi connectivity index (χ1v) is 12.0. The van der Waals surface area contributed by atoms with Gasteiger partial charge in [0.25, 0.3) is 0 Å². The summed E-state index contributed by atoms with van der Waals surface area (Å²) in [7, 11) is 1.69. The summed E-state index contributed by atoms with van der Waals surface area (Å²) < 4.78 is 5.29. The van der Waals surface area contributed by atoms with Crippen LogP contribution < -0.4 is 15.4 Å². The standard InChI is InChI=1S/C27H36N4O/c1-32-23-13-11-22(12-14-23)26-21-27(24-9-3-4-10-25(24)30-26)29-17-7-15-28-16-8-20-31-18-5-2-6-19-31/h3-4,9-14,21,28H,2,5-8,15-20H2,1H3,(H,29,30). The zero-order chi connectivity index (χ0) is 22.0. The Labute approximate surface area is 192 Å². The molecule has 32 heavy (non-hydrogen) atoms. The fourth-order valence-corrected chi connectivity index (χ4v) is 4.40. The molecule has 2 heterocycles. The number of hydrogen-bond donors (Lipinski definition) is 2. The van der Waals surface area contributed by atoms with Crippen molar-refractivity contribution in [1.82, 2.24) is 15.2 Å². The largest absolute Gasteiger partial charge is 0.497 e. The Morgan fingerprint density at radius 3 is 2.50 bits per heavy atom. The average Bonchev–Trinajstić information content (AvgIpc) is 2.86. The third-order valence-electron chi connectivity index (χ3n) is 6.22. The van der Waals surface area contributed by atoms with Crippen molar-refractivity contribution in [1.29, 1.82) is 0 Å². The maximum atomic E-state index is 5.29. The van der Waals surface area contributed by atoms with Gasteiger partial charge in [0.2, 0.25) is 0 Å². The molecule has 0 bridgehead atoms. The van der Waals surface area contributed by atoms with E-state index >= 15 is 0 Å². The highest BCUT2D eigenvalue weighted by atomic mass is 16.5. The van der Waals surface area contributed by atoms with E-state index in [1.165, 1.54) is 50.7 Å². The van der Waals surface area contributed by atoms with Crippen molar-refractivity contribution < 1.29 is 4.74 Å². The van der Waals surface area contributed by atoms with Crippen molar-refractivity contribution >= 4 is 16.6 Å². The maximum absolute atomic E-state index is 5.29. The van der Waals surface area contributed by atoms with Crippen molar-refractivity contribution in [3.63, 3.8) is 0 Å². The van der Waals surface area contributed by atoms with Gasteiger partial charge < -0.3 is 20.3 Å². The minimum Gasteiger partial charge on any atom is -0.497 e. The lowest BCUT2D eigenvalue weighted by atomic mass is 10.1. The molecular formula is C27H36N4O. The summed E-state index contributed by atoms with van der Waals surface area (Å²) in [5.41, 5.74) is 4.23. The summed E-state index contributed by atoms with van der Waals surface area (Å²) >= 11 is 0. The van der Waals surface area contributed by atoms with E-state index in [0.717, 1.165) is 54.3 Å². The Morgan fingerprint density at radius 1 is 0.906 bits per heavy atom. The van der Waals surface area contributed by atoms with Crippen molar-refractivity contribution in [3.05, 3.63) is 54.6 Å². The normalized spacial score (nSPS) is 14.5. The molecule has 1 saturated heterocycles. The van der Waals surface area contributed by atoms with E-state index in [1.54, 1.807) is 7.11 Å². The van der Waals surface area contributed by atoms with E-state index in [0.29, 0.717) is 0 Å². The van der Waals surface area contributed by atoms with E-state index in [1.807, 2.05) is 18.2 Å².